The lowest BCUT2D eigenvalue weighted by atomic mass is 9.98. The summed E-state index contributed by atoms with van der Waals surface area (Å²) in [5, 5.41) is 17.3. The van der Waals surface area contributed by atoms with Crippen molar-refractivity contribution in [1.82, 2.24) is 30.4 Å². The number of anilines is 1. The van der Waals surface area contributed by atoms with E-state index in [9.17, 15) is 4.79 Å². The van der Waals surface area contributed by atoms with E-state index >= 15 is 0 Å². The number of rotatable bonds is 5. The van der Waals surface area contributed by atoms with Gasteiger partial charge < -0.3 is 10.6 Å². The molecule has 1 aliphatic heterocycles. The fraction of sp³-hybridized carbons (Fsp3) is 0.556. The zero-order valence-corrected chi connectivity index (χ0v) is 15.6. The van der Waals surface area contributed by atoms with Gasteiger partial charge in [0.05, 0.1) is 0 Å². The highest BCUT2D eigenvalue weighted by molar-refractivity contribution is 5.89. The molecule has 0 spiro atoms. The van der Waals surface area contributed by atoms with Crippen LogP contribution in [0.2, 0.25) is 0 Å². The van der Waals surface area contributed by atoms with Gasteiger partial charge in [-0.25, -0.2) is 9.48 Å². The molecular formula is C18H27N7O. The molecule has 0 bridgehead atoms. The molecule has 1 saturated heterocycles. The van der Waals surface area contributed by atoms with Crippen LogP contribution < -0.4 is 10.6 Å². The van der Waals surface area contributed by atoms with E-state index in [4.69, 9.17) is 0 Å². The van der Waals surface area contributed by atoms with E-state index in [2.05, 4.69) is 44.9 Å². The number of urea groups is 1. The summed E-state index contributed by atoms with van der Waals surface area (Å²) >= 11 is 0. The normalized spacial score (nSPS) is 17.0. The predicted octanol–water partition coefficient (Wildman–Crippen LogP) is 2.12. The van der Waals surface area contributed by atoms with E-state index in [-0.39, 0.29) is 6.03 Å². The smallest absolute Gasteiger partial charge is 0.319 e. The lowest BCUT2D eigenvalue weighted by molar-refractivity contribution is 0.146. The topological polar surface area (TPSA) is 88.0 Å². The number of nitrogens with zero attached hydrogens (tertiary/aromatic N) is 5. The first-order valence-corrected chi connectivity index (χ1v) is 9.14. The van der Waals surface area contributed by atoms with Crippen LogP contribution in [-0.4, -0.2) is 56.8 Å². The molecule has 1 aromatic carbocycles. The average Bonchev–Trinajstić information content (AvgIpc) is 3.06. The number of benzene rings is 1. The van der Waals surface area contributed by atoms with Gasteiger partial charge in [-0.15, -0.1) is 5.10 Å². The summed E-state index contributed by atoms with van der Waals surface area (Å²) in [7, 11) is 1.78. The average molecular weight is 357 g/mol. The molecular weight excluding hydrogens is 330 g/mol. The predicted molar refractivity (Wildman–Crippen MR) is 101 cm³/mol. The molecule has 26 heavy (non-hydrogen) atoms. The molecule has 0 saturated carbocycles. The number of piperidine rings is 1. The van der Waals surface area contributed by atoms with Gasteiger partial charge in [-0.3, -0.25) is 4.90 Å². The molecule has 3 rings (SSSR count). The van der Waals surface area contributed by atoms with E-state index in [0.29, 0.717) is 24.1 Å². The first-order valence-electron chi connectivity index (χ1n) is 9.14. The minimum Gasteiger partial charge on any atom is -0.336 e. The molecule has 2 heterocycles. The van der Waals surface area contributed by atoms with Crippen LogP contribution in [0, 0.1) is 5.92 Å². The van der Waals surface area contributed by atoms with Gasteiger partial charge in [0, 0.05) is 30.9 Å². The van der Waals surface area contributed by atoms with Crippen molar-refractivity contribution in [1.29, 1.82) is 0 Å². The Labute approximate surface area is 154 Å². The second kappa shape index (κ2) is 8.27. The summed E-state index contributed by atoms with van der Waals surface area (Å²) in [5.74, 6) is 1.47. The molecule has 1 fully saturated rings. The Balaban J connectivity index is 1.51. The van der Waals surface area contributed by atoms with Crippen LogP contribution >= 0.6 is 0 Å². The highest BCUT2D eigenvalue weighted by Gasteiger charge is 2.20. The Kier molecular flexibility index (Phi) is 5.82. The van der Waals surface area contributed by atoms with Crippen molar-refractivity contribution in [3.63, 3.8) is 0 Å². The SMILES string of the molecule is CC1CCN(C(C)CNC(=O)Nc2cccc(-c3nnnn3C)c2)CC1. The number of hydrogen-bond acceptors (Lipinski definition) is 5. The van der Waals surface area contributed by atoms with Gasteiger partial charge in [-0.2, -0.15) is 0 Å². The van der Waals surface area contributed by atoms with Crippen LogP contribution in [0.1, 0.15) is 26.7 Å². The van der Waals surface area contributed by atoms with Crippen molar-refractivity contribution < 1.29 is 4.79 Å². The van der Waals surface area contributed by atoms with Crippen LogP contribution in [0.15, 0.2) is 24.3 Å². The minimum atomic E-state index is -0.199. The first-order chi connectivity index (χ1) is 12.5. The van der Waals surface area contributed by atoms with E-state index < -0.39 is 0 Å². The lowest BCUT2D eigenvalue weighted by Gasteiger charge is -2.34. The van der Waals surface area contributed by atoms with Crippen molar-refractivity contribution in [2.75, 3.05) is 25.0 Å². The van der Waals surface area contributed by atoms with Crippen molar-refractivity contribution in [2.45, 2.75) is 32.7 Å². The third-order valence-corrected chi connectivity index (χ3v) is 5.00. The van der Waals surface area contributed by atoms with Crippen LogP contribution in [0.25, 0.3) is 11.4 Å². The molecule has 1 aromatic heterocycles. The maximum Gasteiger partial charge on any atom is 0.319 e. The molecule has 140 valence electrons. The monoisotopic (exact) mass is 357 g/mol. The molecule has 1 atom stereocenters. The van der Waals surface area contributed by atoms with Gasteiger partial charge in [0.1, 0.15) is 0 Å². The number of hydrogen-bond donors (Lipinski definition) is 2. The van der Waals surface area contributed by atoms with Gasteiger partial charge in [-0.05, 0) is 61.3 Å². The van der Waals surface area contributed by atoms with Crippen LogP contribution in [-0.2, 0) is 7.05 Å². The number of tetrazole rings is 1. The Bertz CT molecular complexity index is 737. The Morgan fingerprint density at radius 1 is 1.35 bits per heavy atom. The Morgan fingerprint density at radius 3 is 2.81 bits per heavy atom. The molecule has 1 unspecified atom stereocenters. The molecule has 8 heteroatoms. The summed E-state index contributed by atoms with van der Waals surface area (Å²) in [6.07, 6.45) is 2.47. The molecule has 2 amide bonds. The van der Waals surface area contributed by atoms with Crippen LogP contribution in [0.3, 0.4) is 0 Å². The summed E-state index contributed by atoms with van der Waals surface area (Å²) < 4.78 is 1.60. The van der Waals surface area contributed by atoms with E-state index in [1.165, 1.54) is 12.8 Å². The van der Waals surface area contributed by atoms with E-state index in [1.54, 1.807) is 11.7 Å². The van der Waals surface area contributed by atoms with Crippen molar-refractivity contribution in [2.24, 2.45) is 13.0 Å². The molecule has 0 radical (unpaired) electrons. The zero-order chi connectivity index (χ0) is 18.5. The van der Waals surface area contributed by atoms with Crippen molar-refractivity contribution >= 4 is 11.7 Å². The van der Waals surface area contributed by atoms with E-state index in [1.807, 2.05) is 24.3 Å². The summed E-state index contributed by atoms with van der Waals surface area (Å²) in [6, 6.07) is 7.63. The second-order valence-electron chi connectivity index (χ2n) is 7.11. The standard InChI is InChI=1S/C18H27N7O/c1-13-7-9-25(10-8-13)14(2)12-19-18(26)20-16-6-4-5-15(11-16)17-21-22-23-24(17)3/h4-6,11,13-14H,7-10,12H2,1-3H3,(H2,19,20,26). The largest absolute Gasteiger partial charge is 0.336 e. The van der Waals surface area contributed by atoms with Gasteiger partial charge in [0.15, 0.2) is 5.82 Å². The third kappa shape index (κ3) is 4.57. The molecule has 2 N–H and O–H groups in total. The van der Waals surface area contributed by atoms with Crippen LogP contribution in [0.4, 0.5) is 10.5 Å². The molecule has 8 nitrogen and oxygen atoms in total. The zero-order valence-electron chi connectivity index (χ0n) is 15.6. The third-order valence-electron chi connectivity index (χ3n) is 5.00. The summed E-state index contributed by atoms with van der Waals surface area (Å²) in [6.45, 7) is 7.32. The molecule has 1 aliphatic rings. The van der Waals surface area contributed by atoms with Crippen LogP contribution in [0.5, 0.6) is 0 Å². The fourth-order valence-corrected chi connectivity index (χ4v) is 3.22. The Morgan fingerprint density at radius 2 is 2.12 bits per heavy atom. The first kappa shape index (κ1) is 18.3. The minimum absolute atomic E-state index is 0.199. The number of carbonyl (C=O) groups is 1. The maximum absolute atomic E-state index is 12.2. The fourth-order valence-electron chi connectivity index (χ4n) is 3.22. The number of likely N-dealkylation sites (tertiary alicyclic amines) is 1. The van der Waals surface area contributed by atoms with Crippen molar-refractivity contribution in [3.05, 3.63) is 24.3 Å². The van der Waals surface area contributed by atoms with Gasteiger partial charge in [0.25, 0.3) is 0 Å². The number of aryl methyl sites for hydroxylation is 1. The molecule has 2 aromatic rings. The summed E-state index contributed by atoms with van der Waals surface area (Å²) in [4.78, 5) is 14.7. The highest BCUT2D eigenvalue weighted by Crippen LogP contribution is 2.20. The lowest BCUT2D eigenvalue weighted by Crippen LogP contribution is -2.46. The van der Waals surface area contributed by atoms with E-state index in [0.717, 1.165) is 24.6 Å². The Hall–Kier alpha value is -2.48. The van der Waals surface area contributed by atoms with Gasteiger partial charge in [-0.1, -0.05) is 19.1 Å². The van der Waals surface area contributed by atoms with Gasteiger partial charge in [0.2, 0.25) is 0 Å². The molecule has 0 aliphatic carbocycles. The summed E-state index contributed by atoms with van der Waals surface area (Å²) in [5.41, 5.74) is 1.56. The number of amides is 2. The second-order valence-corrected chi connectivity index (χ2v) is 7.11. The maximum atomic E-state index is 12.2. The highest BCUT2D eigenvalue weighted by atomic mass is 16.2. The quantitative estimate of drug-likeness (QED) is 0.856. The number of carbonyl (C=O) groups excluding carboxylic acids is 1. The number of aromatic nitrogens is 4. The van der Waals surface area contributed by atoms with Crippen molar-refractivity contribution in [3.8, 4) is 11.4 Å². The number of nitrogens with one attached hydrogen (secondary N) is 2. The van der Waals surface area contributed by atoms with Gasteiger partial charge >= 0.3 is 6.03 Å².